The third-order valence-corrected chi connectivity index (χ3v) is 3.84. The molecule has 0 aliphatic carbocycles. The Kier molecular flexibility index (Phi) is 4.70. The molecule has 3 aromatic carbocycles. The Balaban J connectivity index is 1.63. The molecule has 0 radical (unpaired) electrons. The van der Waals surface area contributed by atoms with Crippen LogP contribution in [-0.4, -0.2) is 12.5 Å². The number of rotatable bonds is 4. The maximum absolute atomic E-state index is 12.0. The van der Waals surface area contributed by atoms with Crippen LogP contribution >= 0.6 is 23.2 Å². The maximum Gasteiger partial charge on any atom is 0.262 e. The minimum atomic E-state index is -0.289. The molecule has 3 nitrogen and oxygen atoms in total. The number of hydrogen-bond donors (Lipinski definition) is 1. The van der Waals surface area contributed by atoms with Gasteiger partial charge in [-0.25, -0.2) is 0 Å². The Bertz CT molecular complexity index is 865. The molecule has 23 heavy (non-hydrogen) atoms. The first-order chi connectivity index (χ1) is 11.1. The lowest BCUT2D eigenvalue weighted by atomic mass is 10.1. The van der Waals surface area contributed by atoms with Crippen LogP contribution in [0.2, 0.25) is 10.0 Å². The van der Waals surface area contributed by atoms with Crippen LogP contribution < -0.4 is 10.1 Å². The van der Waals surface area contributed by atoms with Crippen molar-refractivity contribution < 1.29 is 9.53 Å². The van der Waals surface area contributed by atoms with Crippen molar-refractivity contribution in [1.29, 1.82) is 0 Å². The summed E-state index contributed by atoms with van der Waals surface area (Å²) >= 11 is 11.8. The summed E-state index contributed by atoms with van der Waals surface area (Å²) in [6.45, 7) is -0.0999. The third kappa shape index (κ3) is 3.95. The monoisotopic (exact) mass is 345 g/mol. The summed E-state index contributed by atoms with van der Waals surface area (Å²) in [6, 6.07) is 18.5. The summed E-state index contributed by atoms with van der Waals surface area (Å²) in [5.41, 5.74) is 0.503. The summed E-state index contributed by atoms with van der Waals surface area (Å²) < 4.78 is 5.53. The number of hydrogen-bond acceptors (Lipinski definition) is 2. The van der Waals surface area contributed by atoms with Gasteiger partial charge in [0.2, 0.25) is 0 Å². The molecule has 0 fully saturated rings. The van der Waals surface area contributed by atoms with E-state index in [0.717, 1.165) is 10.8 Å². The van der Waals surface area contributed by atoms with Gasteiger partial charge in [0.15, 0.2) is 6.61 Å². The van der Waals surface area contributed by atoms with Crippen LogP contribution in [0.25, 0.3) is 10.8 Å². The summed E-state index contributed by atoms with van der Waals surface area (Å²) in [4.78, 5) is 12.0. The summed E-state index contributed by atoms with van der Waals surface area (Å²) in [5, 5.41) is 5.77. The van der Waals surface area contributed by atoms with Gasteiger partial charge in [0.25, 0.3) is 5.91 Å². The average Bonchev–Trinajstić information content (AvgIpc) is 2.55. The quantitative estimate of drug-likeness (QED) is 0.708. The molecule has 5 heteroatoms. The van der Waals surface area contributed by atoms with Gasteiger partial charge in [-0.05, 0) is 41.1 Å². The predicted octanol–water partition coefficient (Wildman–Crippen LogP) is 5.16. The van der Waals surface area contributed by atoms with E-state index in [4.69, 9.17) is 27.9 Å². The van der Waals surface area contributed by atoms with Crippen LogP contribution in [0.5, 0.6) is 5.75 Å². The van der Waals surface area contributed by atoms with Crippen molar-refractivity contribution in [2.75, 3.05) is 11.9 Å². The van der Waals surface area contributed by atoms with Crippen molar-refractivity contribution in [2.24, 2.45) is 0 Å². The summed E-state index contributed by atoms with van der Waals surface area (Å²) in [6.07, 6.45) is 0. The zero-order chi connectivity index (χ0) is 16.2. The minimum absolute atomic E-state index is 0.0999. The van der Waals surface area contributed by atoms with Crippen LogP contribution in [0, 0.1) is 0 Å². The summed E-state index contributed by atoms with van der Waals surface area (Å²) in [5.74, 6) is 0.350. The highest BCUT2D eigenvalue weighted by molar-refractivity contribution is 6.36. The van der Waals surface area contributed by atoms with Gasteiger partial charge in [-0.2, -0.15) is 0 Å². The number of anilines is 1. The Labute approximate surface area is 143 Å². The van der Waals surface area contributed by atoms with Crippen molar-refractivity contribution in [2.45, 2.75) is 0 Å². The summed E-state index contributed by atoms with van der Waals surface area (Å²) in [7, 11) is 0. The van der Waals surface area contributed by atoms with Gasteiger partial charge in [0.05, 0.1) is 10.7 Å². The van der Waals surface area contributed by atoms with Crippen molar-refractivity contribution in [1.82, 2.24) is 0 Å². The largest absolute Gasteiger partial charge is 0.484 e. The van der Waals surface area contributed by atoms with Crippen molar-refractivity contribution in [3.63, 3.8) is 0 Å². The van der Waals surface area contributed by atoms with E-state index in [1.165, 1.54) is 0 Å². The Morgan fingerprint density at radius 2 is 1.74 bits per heavy atom. The molecule has 0 aliphatic rings. The molecule has 0 unspecified atom stereocenters. The molecule has 0 heterocycles. The van der Waals surface area contributed by atoms with Gasteiger partial charge in [-0.3, -0.25) is 4.79 Å². The SMILES string of the molecule is O=C(COc1ccc2ccccc2c1)Nc1ccc(Cl)cc1Cl. The second-order valence-electron chi connectivity index (χ2n) is 4.97. The first-order valence-electron chi connectivity index (χ1n) is 6.98. The molecule has 0 saturated heterocycles. The van der Waals surface area contributed by atoms with Crippen LogP contribution in [-0.2, 0) is 4.79 Å². The molecule has 1 amide bonds. The maximum atomic E-state index is 12.0. The number of ether oxygens (including phenoxy) is 1. The molecule has 0 aromatic heterocycles. The topological polar surface area (TPSA) is 38.3 Å². The normalized spacial score (nSPS) is 10.5. The van der Waals surface area contributed by atoms with Crippen molar-refractivity contribution in [3.8, 4) is 5.75 Å². The lowest BCUT2D eigenvalue weighted by Gasteiger charge is -2.09. The molecule has 0 aliphatic heterocycles. The number of carbonyl (C=O) groups is 1. The molecular formula is C18H13Cl2NO2. The minimum Gasteiger partial charge on any atom is -0.484 e. The molecular weight excluding hydrogens is 333 g/mol. The van der Waals surface area contributed by atoms with E-state index in [0.29, 0.717) is 21.5 Å². The number of amides is 1. The Hall–Kier alpha value is -2.23. The highest BCUT2D eigenvalue weighted by Crippen LogP contribution is 2.25. The van der Waals surface area contributed by atoms with E-state index >= 15 is 0 Å². The Morgan fingerprint density at radius 3 is 2.52 bits per heavy atom. The molecule has 0 atom stereocenters. The van der Waals surface area contributed by atoms with Gasteiger partial charge < -0.3 is 10.1 Å². The van der Waals surface area contributed by atoms with Gasteiger partial charge in [-0.1, -0.05) is 53.5 Å². The fraction of sp³-hybridized carbons (Fsp3) is 0.0556. The van der Waals surface area contributed by atoms with Gasteiger partial charge >= 0.3 is 0 Å². The third-order valence-electron chi connectivity index (χ3n) is 3.30. The first-order valence-corrected chi connectivity index (χ1v) is 7.74. The molecule has 0 bridgehead atoms. The zero-order valence-corrected chi connectivity index (χ0v) is 13.6. The number of carbonyl (C=O) groups excluding carboxylic acids is 1. The molecule has 0 saturated carbocycles. The van der Waals surface area contributed by atoms with Crippen LogP contribution in [0.15, 0.2) is 60.7 Å². The first kappa shape index (κ1) is 15.7. The molecule has 3 rings (SSSR count). The fourth-order valence-electron chi connectivity index (χ4n) is 2.18. The second-order valence-corrected chi connectivity index (χ2v) is 5.81. The number of nitrogens with one attached hydrogen (secondary N) is 1. The van der Waals surface area contributed by atoms with Crippen LogP contribution in [0.1, 0.15) is 0 Å². The lowest BCUT2D eigenvalue weighted by molar-refractivity contribution is -0.118. The van der Waals surface area contributed by atoms with Crippen LogP contribution in [0.3, 0.4) is 0 Å². The molecule has 3 aromatic rings. The van der Waals surface area contributed by atoms with Crippen LogP contribution in [0.4, 0.5) is 5.69 Å². The molecule has 116 valence electrons. The standard InChI is InChI=1S/C18H13Cl2NO2/c19-14-6-8-17(16(20)10-14)21-18(22)11-23-15-7-5-12-3-1-2-4-13(12)9-15/h1-10H,11H2,(H,21,22). The average molecular weight is 346 g/mol. The highest BCUT2D eigenvalue weighted by Gasteiger charge is 2.07. The van der Waals surface area contributed by atoms with E-state index in [1.54, 1.807) is 18.2 Å². The van der Waals surface area contributed by atoms with Gasteiger partial charge in [-0.15, -0.1) is 0 Å². The van der Waals surface area contributed by atoms with E-state index in [9.17, 15) is 4.79 Å². The van der Waals surface area contributed by atoms with Gasteiger partial charge in [0, 0.05) is 5.02 Å². The van der Waals surface area contributed by atoms with E-state index in [2.05, 4.69) is 5.32 Å². The zero-order valence-electron chi connectivity index (χ0n) is 12.1. The lowest BCUT2D eigenvalue weighted by Crippen LogP contribution is -2.20. The van der Waals surface area contributed by atoms with E-state index in [-0.39, 0.29) is 12.5 Å². The Morgan fingerprint density at radius 1 is 0.957 bits per heavy atom. The molecule has 0 spiro atoms. The fourth-order valence-corrected chi connectivity index (χ4v) is 2.64. The number of benzene rings is 3. The van der Waals surface area contributed by atoms with Crippen molar-refractivity contribution >= 4 is 45.6 Å². The second kappa shape index (κ2) is 6.90. The van der Waals surface area contributed by atoms with E-state index < -0.39 is 0 Å². The smallest absolute Gasteiger partial charge is 0.262 e. The van der Waals surface area contributed by atoms with Crippen molar-refractivity contribution in [3.05, 3.63) is 70.7 Å². The number of fused-ring (bicyclic) bond motifs is 1. The highest BCUT2D eigenvalue weighted by atomic mass is 35.5. The number of halogens is 2. The molecule has 1 N–H and O–H groups in total. The van der Waals surface area contributed by atoms with E-state index in [1.807, 2.05) is 42.5 Å². The predicted molar refractivity (Wildman–Crippen MR) is 94.5 cm³/mol. The van der Waals surface area contributed by atoms with Gasteiger partial charge in [0.1, 0.15) is 5.75 Å².